The van der Waals surface area contributed by atoms with Gasteiger partial charge in [0.15, 0.2) is 5.82 Å². The Kier molecular flexibility index (Phi) is 9.72. The molecule has 0 aliphatic carbocycles. The number of hydrogen-bond acceptors (Lipinski definition) is 13. The lowest BCUT2D eigenvalue weighted by molar-refractivity contribution is 0.0893. The standard InChI is InChI=1S/C32H32N10O4S/c1-24-4-8-29(9-5-24)47(43,44)46-15-14-45-23-28-22-41(12-13-42(28)32-33-10-3-11-34-32)31-37-18-26(19-38-31)7-6-25-16-35-30(36-17-25)27-20-39-40(2)21-27/h3-5,8-11,16-21,28H,12-15,22-23H2,1-2H3/t28-/m1/s1. The summed E-state index contributed by atoms with van der Waals surface area (Å²) in [5.41, 5.74) is 3.12. The van der Waals surface area contributed by atoms with Gasteiger partial charge in [-0.25, -0.2) is 29.9 Å². The van der Waals surface area contributed by atoms with E-state index in [0.29, 0.717) is 48.5 Å². The van der Waals surface area contributed by atoms with Crippen molar-refractivity contribution < 1.29 is 17.3 Å². The van der Waals surface area contributed by atoms with Crippen LogP contribution in [-0.4, -0.2) is 93.6 Å². The molecule has 1 aromatic carbocycles. The van der Waals surface area contributed by atoms with Crippen molar-refractivity contribution in [2.24, 2.45) is 7.05 Å². The monoisotopic (exact) mass is 652 g/mol. The lowest BCUT2D eigenvalue weighted by Crippen LogP contribution is -2.56. The fraction of sp³-hybridized carbons (Fsp3) is 0.281. The van der Waals surface area contributed by atoms with Crippen LogP contribution < -0.4 is 9.80 Å². The first-order valence-electron chi connectivity index (χ1n) is 14.8. The maximum absolute atomic E-state index is 12.5. The van der Waals surface area contributed by atoms with Crippen molar-refractivity contribution in [2.75, 3.05) is 49.3 Å². The van der Waals surface area contributed by atoms with Crippen molar-refractivity contribution in [3.05, 3.63) is 96.6 Å². The molecule has 1 aliphatic rings. The second-order valence-electron chi connectivity index (χ2n) is 10.7. The van der Waals surface area contributed by atoms with Gasteiger partial charge in [-0.05, 0) is 25.1 Å². The molecule has 15 heteroatoms. The van der Waals surface area contributed by atoms with E-state index in [9.17, 15) is 8.42 Å². The van der Waals surface area contributed by atoms with Crippen LogP contribution in [0.15, 0.2) is 84.8 Å². The van der Waals surface area contributed by atoms with Gasteiger partial charge in [0.2, 0.25) is 11.9 Å². The summed E-state index contributed by atoms with van der Waals surface area (Å²) < 4.78 is 37.8. The number of aromatic nitrogens is 8. The Labute approximate surface area is 272 Å². The zero-order valence-corrected chi connectivity index (χ0v) is 26.7. The third kappa shape index (κ3) is 8.11. The predicted octanol–water partition coefficient (Wildman–Crippen LogP) is 2.28. The van der Waals surface area contributed by atoms with Crippen molar-refractivity contribution >= 4 is 22.0 Å². The van der Waals surface area contributed by atoms with Crippen LogP contribution in [0.4, 0.5) is 11.9 Å². The summed E-state index contributed by atoms with van der Waals surface area (Å²) in [6, 6.07) is 8.12. The van der Waals surface area contributed by atoms with E-state index in [2.05, 4.69) is 56.6 Å². The SMILES string of the molecule is Cc1ccc(S(=O)(=O)OCCOC[C@H]2CN(c3ncc(C#Cc4cnc(-c5cnn(C)c5)nc4)cn3)CCN2c2ncccn2)cc1. The first-order chi connectivity index (χ1) is 22.8. The van der Waals surface area contributed by atoms with Crippen LogP contribution in [0, 0.1) is 18.8 Å². The van der Waals surface area contributed by atoms with Crippen LogP contribution in [0.1, 0.15) is 16.7 Å². The number of rotatable bonds is 10. The molecule has 1 saturated heterocycles. The Morgan fingerprint density at radius 2 is 1.53 bits per heavy atom. The van der Waals surface area contributed by atoms with E-state index in [1.807, 2.05) is 20.2 Å². The molecule has 0 bridgehead atoms. The summed E-state index contributed by atoms with van der Waals surface area (Å²) in [5.74, 6) is 7.85. The molecule has 1 fully saturated rings. The molecule has 4 aromatic heterocycles. The van der Waals surface area contributed by atoms with Crippen molar-refractivity contribution in [3.63, 3.8) is 0 Å². The molecule has 0 N–H and O–H groups in total. The van der Waals surface area contributed by atoms with Crippen molar-refractivity contribution in [2.45, 2.75) is 17.9 Å². The summed E-state index contributed by atoms with van der Waals surface area (Å²) in [7, 11) is -2.03. The van der Waals surface area contributed by atoms with Gasteiger partial charge in [-0.3, -0.25) is 8.86 Å². The molecule has 47 heavy (non-hydrogen) atoms. The lowest BCUT2D eigenvalue weighted by Gasteiger charge is -2.41. The topological polar surface area (TPSA) is 154 Å². The minimum atomic E-state index is -3.87. The number of ether oxygens (including phenoxy) is 1. The molecule has 0 amide bonds. The van der Waals surface area contributed by atoms with E-state index >= 15 is 0 Å². The van der Waals surface area contributed by atoms with Gasteiger partial charge in [-0.2, -0.15) is 13.5 Å². The number of benzene rings is 1. The molecule has 0 radical (unpaired) electrons. The highest BCUT2D eigenvalue weighted by Gasteiger charge is 2.30. The molecule has 240 valence electrons. The van der Waals surface area contributed by atoms with Gasteiger partial charge in [0, 0.05) is 70.1 Å². The largest absolute Gasteiger partial charge is 0.377 e. The van der Waals surface area contributed by atoms with Crippen LogP contribution in [0.5, 0.6) is 0 Å². The van der Waals surface area contributed by atoms with Gasteiger partial charge in [-0.15, -0.1) is 0 Å². The van der Waals surface area contributed by atoms with Crippen LogP contribution in [-0.2, 0) is 26.1 Å². The van der Waals surface area contributed by atoms with E-state index in [4.69, 9.17) is 8.92 Å². The van der Waals surface area contributed by atoms with E-state index in [-0.39, 0.29) is 30.8 Å². The summed E-state index contributed by atoms with van der Waals surface area (Å²) in [4.78, 5) is 31.0. The average molecular weight is 653 g/mol. The Morgan fingerprint density at radius 3 is 2.19 bits per heavy atom. The van der Waals surface area contributed by atoms with Crippen LogP contribution in [0.3, 0.4) is 0 Å². The second-order valence-corrected chi connectivity index (χ2v) is 12.3. The van der Waals surface area contributed by atoms with Gasteiger partial charge in [0.05, 0.1) is 53.6 Å². The van der Waals surface area contributed by atoms with Gasteiger partial charge < -0.3 is 14.5 Å². The normalized spacial score (nSPS) is 14.9. The fourth-order valence-corrected chi connectivity index (χ4v) is 5.74. The molecule has 1 atom stereocenters. The first-order valence-corrected chi connectivity index (χ1v) is 16.2. The van der Waals surface area contributed by atoms with Gasteiger partial charge in [0.25, 0.3) is 10.1 Å². The van der Waals surface area contributed by atoms with Crippen molar-refractivity contribution in [1.82, 2.24) is 39.7 Å². The van der Waals surface area contributed by atoms with Crippen molar-refractivity contribution in [1.29, 1.82) is 0 Å². The molecule has 0 spiro atoms. The molecule has 0 unspecified atom stereocenters. The summed E-state index contributed by atoms with van der Waals surface area (Å²) in [5, 5.41) is 4.15. The van der Waals surface area contributed by atoms with E-state index in [0.717, 1.165) is 11.1 Å². The number of nitrogens with zero attached hydrogens (tertiary/aromatic N) is 10. The molecular weight excluding hydrogens is 620 g/mol. The molecule has 5 aromatic rings. The Morgan fingerprint density at radius 1 is 0.851 bits per heavy atom. The average Bonchev–Trinajstić information content (AvgIpc) is 3.54. The summed E-state index contributed by atoms with van der Waals surface area (Å²) >= 11 is 0. The molecule has 5 heterocycles. The third-order valence-electron chi connectivity index (χ3n) is 7.26. The van der Waals surface area contributed by atoms with Gasteiger partial charge in [-0.1, -0.05) is 29.5 Å². The lowest BCUT2D eigenvalue weighted by atomic mass is 10.2. The van der Waals surface area contributed by atoms with Crippen molar-refractivity contribution in [3.8, 4) is 23.2 Å². The Hall–Kier alpha value is -5.30. The Balaban J connectivity index is 1.06. The molecule has 6 rings (SSSR count). The van der Waals surface area contributed by atoms with E-state index in [1.165, 1.54) is 12.1 Å². The van der Waals surface area contributed by atoms with Gasteiger partial charge in [0.1, 0.15) is 0 Å². The quantitative estimate of drug-likeness (QED) is 0.123. The maximum Gasteiger partial charge on any atom is 0.297 e. The minimum Gasteiger partial charge on any atom is -0.377 e. The third-order valence-corrected chi connectivity index (χ3v) is 8.59. The highest BCUT2D eigenvalue weighted by atomic mass is 32.2. The van der Waals surface area contributed by atoms with Gasteiger partial charge >= 0.3 is 0 Å². The first kappa shape index (κ1) is 31.7. The van der Waals surface area contributed by atoms with E-state index in [1.54, 1.807) is 66.3 Å². The number of piperazine rings is 1. The highest BCUT2D eigenvalue weighted by Crippen LogP contribution is 2.20. The van der Waals surface area contributed by atoms with Crippen LogP contribution in [0.2, 0.25) is 0 Å². The predicted molar refractivity (Wildman–Crippen MR) is 173 cm³/mol. The minimum absolute atomic E-state index is 0.0895. The maximum atomic E-state index is 12.5. The zero-order chi connectivity index (χ0) is 32.6. The number of anilines is 2. The summed E-state index contributed by atoms with van der Waals surface area (Å²) in [6.45, 7) is 3.93. The number of hydrogen-bond donors (Lipinski definition) is 0. The second kappa shape index (κ2) is 14.4. The van der Waals surface area contributed by atoms with E-state index < -0.39 is 10.1 Å². The Bertz CT molecular complexity index is 1940. The number of aryl methyl sites for hydroxylation is 2. The zero-order valence-electron chi connectivity index (χ0n) is 25.8. The highest BCUT2D eigenvalue weighted by molar-refractivity contribution is 7.86. The van der Waals surface area contributed by atoms with Crippen LogP contribution in [0.25, 0.3) is 11.4 Å². The molecule has 0 saturated carbocycles. The van der Waals surface area contributed by atoms with Crippen LogP contribution >= 0.6 is 0 Å². The summed E-state index contributed by atoms with van der Waals surface area (Å²) in [6.07, 6.45) is 13.7. The smallest absolute Gasteiger partial charge is 0.297 e. The molecular formula is C32H32N10O4S. The molecule has 1 aliphatic heterocycles. The molecule has 14 nitrogen and oxygen atoms in total. The fourth-order valence-electron chi connectivity index (χ4n) is 4.85.